The number of methoxy groups -OCH3 is 1. The first-order valence-electron chi connectivity index (χ1n) is 8.82. The molecule has 2 rings (SSSR count). The summed E-state index contributed by atoms with van der Waals surface area (Å²) in [6, 6.07) is 12.8. The first kappa shape index (κ1) is 20.5. The molecule has 0 bridgehead atoms. The highest BCUT2D eigenvalue weighted by Gasteiger charge is 2.03. The largest absolute Gasteiger partial charge is 0.494 e. The van der Waals surface area contributed by atoms with Gasteiger partial charge in [0.2, 0.25) is 0 Å². The quantitative estimate of drug-likeness (QED) is 0.585. The van der Waals surface area contributed by atoms with Crippen molar-refractivity contribution in [3.8, 4) is 11.5 Å². The normalized spacial score (nSPS) is 10.3. The predicted octanol–water partition coefficient (Wildman–Crippen LogP) is 3.83. The van der Waals surface area contributed by atoms with Crippen molar-refractivity contribution in [1.82, 2.24) is 5.32 Å². The standard InChI is InChI=1S/C20H25FN2O4/c1-25-13-14-27-19-6-4-5-17(15-19)23-20(24)22-11-2-3-12-26-18-9-7-16(21)8-10-18/h4-10,15H,2-3,11-14H2,1H3,(H2,22,23,24). The molecule has 2 aromatic carbocycles. The zero-order chi connectivity index (χ0) is 19.3. The lowest BCUT2D eigenvalue weighted by Gasteiger charge is -2.10. The van der Waals surface area contributed by atoms with Crippen molar-refractivity contribution in [1.29, 1.82) is 0 Å². The SMILES string of the molecule is COCCOc1cccc(NC(=O)NCCCCOc2ccc(F)cc2)c1. The van der Waals surface area contributed by atoms with Gasteiger partial charge in [0.25, 0.3) is 0 Å². The van der Waals surface area contributed by atoms with E-state index < -0.39 is 0 Å². The zero-order valence-electron chi connectivity index (χ0n) is 15.4. The summed E-state index contributed by atoms with van der Waals surface area (Å²) in [5, 5.41) is 5.56. The van der Waals surface area contributed by atoms with Crippen molar-refractivity contribution in [3.63, 3.8) is 0 Å². The van der Waals surface area contributed by atoms with Crippen LogP contribution in [0.15, 0.2) is 48.5 Å². The lowest BCUT2D eigenvalue weighted by Crippen LogP contribution is -2.29. The van der Waals surface area contributed by atoms with Crippen molar-refractivity contribution in [2.45, 2.75) is 12.8 Å². The molecular formula is C20H25FN2O4. The third-order valence-corrected chi connectivity index (χ3v) is 3.59. The summed E-state index contributed by atoms with van der Waals surface area (Å²) in [4.78, 5) is 11.9. The fourth-order valence-corrected chi connectivity index (χ4v) is 2.23. The molecule has 0 fully saturated rings. The fourth-order valence-electron chi connectivity index (χ4n) is 2.23. The number of nitrogens with one attached hydrogen (secondary N) is 2. The van der Waals surface area contributed by atoms with Gasteiger partial charge in [0, 0.05) is 25.4 Å². The number of amides is 2. The van der Waals surface area contributed by atoms with Gasteiger partial charge in [0.05, 0.1) is 13.2 Å². The van der Waals surface area contributed by atoms with Crippen LogP contribution in [0.5, 0.6) is 11.5 Å². The van der Waals surface area contributed by atoms with E-state index in [9.17, 15) is 9.18 Å². The second-order valence-corrected chi connectivity index (χ2v) is 5.76. The monoisotopic (exact) mass is 376 g/mol. The van der Waals surface area contributed by atoms with E-state index in [1.54, 1.807) is 31.4 Å². The van der Waals surface area contributed by atoms with Crippen LogP contribution in [-0.2, 0) is 4.74 Å². The number of unbranched alkanes of at least 4 members (excludes halogenated alkanes) is 1. The first-order chi connectivity index (χ1) is 13.2. The molecule has 0 heterocycles. The van der Waals surface area contributed by atoms with Gasteiger partial charge in [0.15, 0.2) is 0 Å². The average molecular weight is 376 g/mol. The highest BCUT2D eigenvalue weighted by molar-refractivity contribution is 5.89. The van der Waals surface area contributed by atoms with Crippen molar-refractivity contribution >= 4 is 11.7 Å². The van der Waals surface area contributed by atoms with E-state index in [-0.39, 0.29) is 11.8 Å². The molecule has 7 heteroatoms. The maximum absolute atomic E-state index is 12.8. The minimum absolute atomic E-state index is 0.275. The summed E-state index contributed by atoms with van der Waals surface area (Å²) in [6.07, 6.45) is 1.55. The Bertz CT molecular complexity index is 695. The maximum atomic E-state index is 12.8. The number of carbonyl (C=O) groups is 1. The molecule has 0 radical (unpaired) electrons. The Morgan fingerprint density at radius 2 is 1.74 bits per heavy atom. The first-order valence-corrected chi connectivity index (χ1v) is 8.82. The molecule has 0 aliphatic carbocycles. The minimum atomic E-state index is -0.287. The molecule has 6 nitrogen and oxygen atoms in total. The second-order valence-electron chi connectivity index (χ2n) is 5.76. The van der Waals surface area contributed by atoms with Crippen LogP contribution in [0.3, 0.4) is 0 Å². The smallest absolute Gasteiger partial charge is 0.319 e. The Kier molecular flexibility index (Phi) is 8.92. The summed E-state index contributed by atoms with van der Waals surface area (Å²) in [6.45, 7) is 1.99. The van der Waals surface area contributed by atoms with Crippen LogP contribution in [0, 0.1) is 5.82 Å². The molecule has 2 N–H and O–H groups in total. The summed E-state index contributed by atoms with van der Waals surface area (Å²) >= 11 is 0. The molecule has 0 saturated heterocycles. The third kappa shape index (κ3) is 8.42. The molecule has 0 atom stereocenters. The Morgan fingerprint density at radius 3 is 2.52 bits per heavy atom. The van der Waals surface area contributed by atoms with Gasteiger partial charge in [-0.3, -0.25) is 0 Å². The topological polar surface area (TPSA) is 68.8 Å². The molecule has 0 saturated carbocycles. The van der Waals surface area contributed by atoms with E-state index in [0.29, 0.717) is 43.6 Å². The number of hydrogen-bond acceptors (Lipinski definition) is 4. The van der Waals surface area contributed by atoms with Gasteiger partial charge < -0.3 is 24.8 Å². The number of anilines is 1. The Morgan fingerprint density at radius 1 is 0.963 bits per heavy atom. The molecule has 2 aromatic rings. The van der Waals surface area contributed by atoms with Crippen LogP contribution in [0.1, 0.15) is 12.8 Å². The van der Waals surface area contributed by atoms with Gasteiger partial charge in [-0.25, -0.2) is 9.18 Å². The average Bonchev–Trinajstić information content (AvgIpc) is 2.66. The summed E-state index contributed by atoms with van der Waals surface area (Å²) in [5.74, 6) is 1.02. The molecule has 0 aliphatic heterocycles. The number of rotatable bonds is 11. The van der Waals surface area contributed by atoms with E-state index in [0.717, 1.165) is 12.8 Å². The minimum Gasteiger partial charge on any atom is -0.494 e. The fraction of sp³-hybridized carbons (Fsp3) is 0.350. The van der Waals surface area contributed by atoms with E-state index in [4.69, 9.17) is 14.2 Å². The molecule has 0 aromatic heterocycles. The summed E-state index contributed by atoms with van der Waals surface area (Å²) in [5.41, 5.74) is 0.655. The molecule has 146 valence electrons. The highest BCUT2D eigenvalue weighted by atomic mass is 19.1. The molecule has 27 heavy (non-hydrogen) atoms. The van der Waals surface area contributed by atoms with E-state index in [1.807, 2.05) is 12.1 Å². The van der Waals surface area contributed by atoms with Gasteiger partial charge >= 0.3 is 6.03 Å². The van der Waals surface area contributed by atoms with Crippen molar-refractivity contribution in [2.24, 2.45) is 0 Å². The molecule has 0 spiro atoms. The van der Waals surface area contributed by atoms with Crippen LogP contribution in [0.2, 0.25) is 0 Å². The number of hydrogen-bond donors (Lipinski definition) is 2. The number of urea groups is 1. The van der Waals surface area contributed by atoms with Crippen molar-refractivity contribution in [2.75, 3.05) is 38.8 Å². The van der Waals surface area contributed by atoms with Gasteiger partial charge in [0.1, 0.15) is 23.9 Å². The lowest BCUT2D eigenvalue weighted by atomic mass is 10.3. The Labute approximate surface area is 158 Å². The Hall–Kier alpha value is -2.80. The predicted molar refractivity (Wildman–Crippen MR) is 102 cm³/mol. The molecule has 2 amide bonds. The zero-order valence-corrected chi connectivity index (χ0v) is 15.4. The van der Waals surface area contributed by atoms with Crippen LogP contribution in [0.25, 0.3) is 0 Å². The summed E-state index contributed by atoms with van der Waals surface area (Å²) < 4.78 is 28.7. The van der Waals surface area contributed by atoms with Crippen LogP contribution in [0.4, 0.5) is 14.9 Å². The molecule has 0 aliphatic rings. The van der Waals surface area contributed by atoms with Gasteiger partial charge in [-0.2, -0.15) is 0 Å². The van der Waals surface area contributed by atoms with Gasteiger partial charge in [-0.1, -0.05) is 6.07 Å². The lowest BCUT2D eigenvalue weighted by molar-refractivity contribution is 0.146. The Balaban J connectivity index is 1.59. The van der Waals surface area contributed by atoms with Crippen molar-refractivity contribution < 1.29 is 23.4 Å². The second kappa shape index (κ2) is 11.7. The molecular weight excluding hydrogens is 351 g/mol. The van der Waals surface area contributed by atoms with Crippen LogP contribution in [-0.4, -0.2) is 39.5 Å². The van der Waals surface area contributed by atoms with Crippen LogP contribution >= 0.6 is 0 Å². The van der Waals surface area contributed by atoms with Gasteiger partial charge in [-0.05, 0) is 49.2 Å². The van der Waals surface area contributed by atoms with Crippen LogP contribution < -0.4 is 20.1 Å². The summed E-state index contributed by atoms with van der Waals surface area (Å²) in [7, 11) is 1.61. The van der Waals surface area contributed by atoms with Crippen molar-refractivity contribution in [3.05, 3.63) is 54.3 Å². The number of halogens is 1. The number of carbonyl (C=O) groups excluding carboxylic acids is 1. The maximum Gasteiger partial charge on any atom is 0.319 e. The third-order valence-electron chi connectivity index (χ3n) is 3.59. The molecule has 0 unspecified atom stereocenters. The van der Waals surface area contributed by atoms with Gasteiger partial charge in [-0.15, -0.1) is 0 Å². The van der Waals surface area contributed by atoms with E-state index in [1.165, 1.54) is 12.1 Å². The van der Waals surface area contributed by atoms with E-state index in [2.05, 4.69) is 10.6 Å². The number of benzene rings is 2. The van der Waals surface area contributed by atoms with E-state index >= 15 is 0 Å². The highest BCUT2D eigenvalue weighted by Crippen LogP contribution is 2.17. The number of ether oxygens (including phenoxy) is 3.